The molecule has 1 aliphatic rings. The van der Waals surface area contributed by atoms with Crippen LogP contribution in [0.2, 0.25) is 0 Å². The third-order valence-corrected chi connectivity index (χ3v) is 5.72. The van der Waals surface area contributed by atoms with Gasteiger partial charge in [0.15, 0.2) is 0 Å². The number of sulfonamides is 1. The van der Waals surface area contributed by atoms with Gasteiger partial charge in [-0.05, 0) is 30.2 Å². The van der Waals surface area contributed by atoms with Gasteiger partial charge in [0.25, 0.3) is 0 Å². The van der Waals surface area contributed by atoms with Gasteiger partial charge < -0.3 is 10.2 Å². The molecule has 1 aromatic rings. The number of amides is 2. The zero-order valence-electron chi connectivity index (χ0n) is 13.9. The SMILES string of the molecule is CC(C)CNC(=O)N1CCN(S(=O)(=O)c2ccc(C#N)cc2)CC1. The molecule has 0 radical (unpaired) electrons. The molecule has 24 heavy (non-hydrogen) atoms. The number of piperazine rings is 1. The van der Waals surface area contributed by atoms with Crippen LogP contribution in [0, 0.1) is 17.2 Å². The first-order valence-electron chi connectivity index (χ1n) is 7.87. The van der Waals surface area contributed by atoms with Crippen molar-refractivity contribution in [3.63, 3.8) is 0 Å². The highest BCUT2D eigenvalue weighted by Gasteiger charge is 2.30. The van der Waals surface area contributed by atoms with Crippen LogP contribution in [0.1, 0.15) is 19.4 Å². The molecule has 130 valence electrons. The molecule has 7 nitrogen and oxygen atoms in total. The van der Waals surface area contributed by atoms with Crippen molar-refractivity contribution < 1.29 is 13.2 Å². The zero-order chi connectivity index (χ0) is 17.7. The second-order valence-corrected chi connectivity index (χ2v) is 8.05. The lowest BCUT2D eigenvalue weighted by Crippen LogP contribution is -2.53. The molecule has 1 N–H and O–H groups in total. The minimum absolute atomic E-state index is 0.154. The number of rotatable bonds is 4. The summed E-state index contributed by atoms with van der Waals surface area (Å²) in [6, 6.07) is 7.67. The van der Waals surface area contributed by atoms with E-state index in [4.69, 9.17) is 5.26 Å². The lowest BCUT2D eigenvalue weighted by atomic mass is 10.2. The van der Waals surface area contributed by atoms with Gasteiger partial charge in [-0.2, -0.15) is 9.57 Å². The van der Waals surface area contributed by atoms with Gasteiger partial charge in [-0.15, -0.1) is 0 Å². The normalized spacial score (nSPS) is 16.0. The third-order valence-electron chi connectivity index (χ3n) is 3.81. The number of carbonyl (C=O) groups is 1. The summed E-state index contributed by atoms with van der Waals surface area (Å²) >= 11 is 0. The Hall–Kier alpha value is -2.11. The Labute approximate surface area is 142 Å². The average Bonchev–Trinajstić information content (AvgIpc) is 2.59. The number of nitrogens with one attached hydrogen (secondary N) is 1. The average molecular weight is 350 g/mol. The van der Waals surface area contributed by atoms with Crippen molar-refractivity contribution >= 4 is 16.1 Å². The summed E-state index contributed by atoms with van der Waals surface area (Å²) in [6.07, 6.45) is 0. The summed E-state index contributed by atoms with van der Waals surface area (Å²) in [5.41, 5.74) is 0.417. The number of hydrogen-bond acceptors (Lipinski definition) is 4. The van der Waals surface area contributed by atoms with Crippen LogP contribution >= 0.6 is 0 Å². The van der Waals surface area contributed by atoms with E-state index in [1.807, 2.05) is 19.9 Å². The Bertz CT molecular complexity index is 715. The molecule has 0 spiro atoms. The van der Waals surface area contributed by atoms with Crippen LogP contribution in [0.25, 0.3) is 0 Å². The molecule has 2 rings (SSSR count). The first-order chi connectivity index (χ1) is 11.3. The fraction of sp³-hybridized carbons (Fsp3) is 0.500. The minimum Gasteiger partial charge on any atom is -0.338 e. The number of nitriles is 1. The van der Waals surface area contributed by atoms with E-state index >= 15 is 0 Å². The molecule has 0 aromatic heterocycles. The summed E-state index contributed by atoms with van der Waals surface area (Å²) in [7, 11) is -3.60. The van der Waals surface area contributed by atoms with Crippen LogP contribution in [0.3, 0.4) is 0 Å². The number of urea groups is 1. The van der Waals surface area contributed by atoms with E-state index in [-0.39, 0.29) is 24.0 Å². The maximum absolute atomic E-state index is 12.6. The maximum atomic E-state index is 12.6. The molecule has 8 heteroatoms. The molecule has 1 fully saturated rings. The molecule has 0 unspecified atom stereocenters. The van der Waals surface area contributed by atoms with Crippen LogP contribution in [0.5, 0.6) is 0 Å². The monoisotopic (exact) mass is 350 g/mol. The molecular weight excluding hydrogens is 328 g/mol. The van der Waals surface area contributed by atoms with Gasteiger partial charge in [-0.1, -0.05) is 13.8 Å². The van der Waals surface area contributed by atoms with Crippen molar-refractivity contribution in [2.45, 2.75) is 18.7 Å². The molecule has 1 aromatic carbocycles. The van der Waals surface area contributed by atoms with Crippen molar-refractivity contribution in [1.29, 1.82) is 5.26 Å². The van der Waals surface area contributed by atoms with Crippen LogP contribution in [0.4, 0.5) is 4.79 Å². The molecular formula is C16H22N4O3S. The Morgan fingerprint density at radius 2 is 1.79 bits per heavy atom. The molecule has 1 heterocycles. The largest absolute Gasteiger partial charge is 0.338 e. The summed E-state index contributed by atoms with van der Waals surface area (Å²) in [5.74, 6) is 0.368. The molecule has 0 atom stereocenters. The van der Waals surface area contributed by atoms with E-state index in [0.29, 0.717) is 31.1 Å². The molecule has 2 amide bonds. The molecule has 0 bridgehead atoms. The number of benzene rings is 1. The Balaban J connectivity index is 1.97. The second-order valence-electron chi connectivity index (χ2n) is 6.11. The van der Waals surface area contributed by atoms with Crippen molar-refractivity contribution in [1.82, 2.24) is 14.5 Å². The topological polar surface area (TPSA) is 93.5 Å². The number of carbonyl (C=O) groups excluding carboxylic acids is 1. The fourth-order valence-corrected chi connectivity index (χ4v) is 3.81. The van der Waals surface area contributed by atoms with Gasteiger partial charge in [0, 0.05) is 32.7 Å². The van der Waals surface area contributed by atoms with Gasteiger partial charge >= 0.3 is 6.03 Å². The van der Waals surface area contributed by atoms with E-state index in [2.05, 4.69) is 5.32 Å². The standard InChI is InChI=1S/C16H22N4O3S/c1-13(2)12-18-16(21)19-7-9-20(10-8-19)24(22,23)15-5-3-14(11-17)4-6-15/h3-6,13H,7-10,12H2,1-2H3,(H,18,21). The Kier molecular flexibility index (Phi) is 5.80. The highest BCUT2D eigenvalue weighted by molar-refractivity contribution is 7.89. The highest BCUT2D eigenvalue weighted by Crippen LogP contribution is 2.18. The van der Waals surface area contributed by atoms with E-state index in [1.54, 1.807) is 4.90 Å². The predicted molar refractivity (Wildman–Crippen MR) is 89.7 cm³/mol. The van der Waals surface area contributed by atoms with Crippen LogP contribution < -0.4 is 5.32 Å². The van der Waals surface area contributed by atoms with Crippen molar-refractivity contribution in [3.8, 4) is 6.07 Å². The predicted octanol–water partition coefficient (Wildman–Crippen LogP) is 1.23. The molecule has 1 saturated heterocycles. The van der Waals surface area contributed by atoms with Crippen LogP contribution in [-0.4, -0.2) is 56.4 Å². The first kappa shape index (κ1) is 18.2. The van der Waals surface area contributed by atoms with Crippen molar-refractivity contribution in [3.05, 3.63) is 29.8 Å². The van der Waals surface area contributed by atoms with E-state index < -0.39 is 10.0 Å². The van der Waals surface area contributed by atoms with Crippen LogP contribution in [0.15, 0.2) is 29.2 Å². The van der Waals surface area contributed by atoms with Gasteiger partial charge in [0.2, 0.25) is 10.0 Å². The first-order valence-corrected chi connectivity index (χ1v) is 9.31. The molecule has 1 aliphatic heterocycles. The molecule has 0 aliphatic carbocycles. The third kappa shape index (κ3) is 4.24. The van der Waals surface area contributed by atoms with E-state index in [0.717, 1.165) is 0 Å². The van der Waals surface area contributed by atoms with E-state index in [1.165, 1.54) is 28.6 Å². The summed E-state index contributed by atoms with van der Waals surface area (Å²) < 4.78 is 26.6. The van der Waals surface area contributed by atoms with Gasteiger partial charge in [0.05, 0.1) is 16.5 Å². The number of nitrogens with zero attached hydrogens (tertiary/aromatic N) is 3. The fourth-order valence-electron chi connectivity index (χ4n) is 2.39. The van der Waals surface area contributed by atoms with Crippen molar-refractivity contribution in [2.75, 3.05) is 32.7 Å². The maximum Gasteiger partial charge on any atom is 0.317 e. The highest BCUT2D eigenvalue weighted by atomic mass is 32.2. The van der Waals surface area contributed by atoms with Gasteiger partial charge in [0.1, 0.15) is 0 Å². The van der Waals surface area contributed by atoms with Crippen LogP contribution in [-0.2, 0) is 10.0 Å². The Morgan fingerprint density at radius 3 is 2.29 bits per heavy atom. The quantitative estimate of drug-likeness (QED) is 0.884. The van der Waals surface area contributed by atoms with Gasteiger partial charge in [-0.3, -0.25) is 0 Å². The lowest BCUT2D eigenvalue weighted by molar-refractivity contribution is 0.171. The summed E-state index contributed by atoms with van der Waals surface area (Å²) in [6.45, 7) is 5.88. The van der Waals surface area contributed by atoms with Gasteiger partial charge in [-0.25, -0.2) is 13.2 Å². The minimum atomic E-state index is -3.60. The lowest BCUT2D eigenvalue weighted by Gasteiger charge is -2.34. The summed E-state index contributed by atoms with van der Waals surface area (Å²) in [5, 5.41) is 11.6. The zero-order valence-corrected chi connectivity index (χ0v) is 14.7. The Morgan fingerprint density at radius 1 is 1.21 bits per heavy atom. The summed E-state index contributed by atoms with van der Waals surface area (Å²) in [4.78, 5) is 13.8. The number of hydrogen-bond donors (Lipinski definition) is 1. The smallest absolute Gasteiger partial charge is 0.317 e. The molecule has 0 saturated carbocycles. The van der Waals surface area contributed by atoms with E-state index in [9.17, 15) is 13.2 Å². The second kappa shape index (κ2) is 7.64. The van der Waals surface area contributed by atoms with Crippen molar-refractivity contribution in [2.24, 2.45) is 5.92 Å².